The summed E-state index contributed by atoms with van der Waals surface area (Å²) in [5.74, 6) is 0. The Kier molecular flexibility index (Phi) is 8.76. The minimum absolute atomic E-state index is 0. The number of allylic oxidation sites excluding steroid dienone is 4. The van der Waals surface area contributed by atoms with E-state index in [1.54, 1.807) is 0 Å². The molecule has 13 heavy (non-hydrogen) atoms. The van der Waals surface area contributed by atoms with E-state index in [-0.39, 0.29) is 40.1 Å². The van der Waals surface area contributed by atoms with E-state index >= 15 is 0 Å². The summed E-state index contributed by atoms with van der Waals surface area (Å²) in [5.41, 5.74) is 0. The molecular weight excluding hydrogens is 344 g/mol. The van der Waals surface area contributed by atoms with Gasteiger partial charge in [-0.2, -0.15) is 0 Å². The normalized spacial score (nSPS) is 14.3. The maximum absolute atomic E-state index is 2.56. The minimum atomic E-state index is -1.45. The molecule has 4 heteroatoms. The molecule has 0 bridgehead atoms. The topological polar surface area (TPSA) is 0 Å². The van der Waals surface area contributed by atoms with Crippen molar-refractivity contribution < 1.29 is 15.3 Å². The van der Waals surface area contributed by atoms with Crippen molar-refractivity contribution in [3.05, 3.63) is 22.1 Å². The molecule has 0 aliphatic heterocycles. The second-order valence-corrected chi connectivity index (χ2v) is 21.9. The van der Waals surface area contributed by atoms with Gasteiger partial charge in [0.15, 0.2) is 0 Å². The summed E-state index contributed by atoms with van der Waals surface area (Å²) in [4.78, 5) is 0. The predicted octanol–water partition coefficient (Wildman–Crippen LogP) is 4.49. The monoisotopic (exact) mass is 361 g/mol. The molecule has 0 saturated carbocycles. The zero-order chi connectivity index (χ0) is 8.48. The molecule has 0 N–H and O–H groups in total. The van der Waals surface area contributed by atoms with E-state index in [0.717, 1.165) is 0 Å². The molecule has 0 unspecified atom stereocenters. The van der Waals surface area contributed by atoms with Gasteiger partial charge in [-0.15, -0.1) is 34.0 Å². The van der Waals surface area contributed by atoms with Gasteiger partial charge < -0.3 is 0 Å². The average Bonchev–Trinajstić information content (AvgIpc) is 2.37. The molecule has 1 aliphatic rings. The molecule has 0 amide bonds. The summed E-state index contributed by atoms with van der Waals surface area (Å²) in [6.45, 7) is 4.95. The molecule has 77 valence electrons. The van der Waals surface area contributed by atoms with Gasteiger partial charge in [0.1, 0.15) is 0 Å². The van der Waals surface area contributed by atoms with Gasteiger partial charge in [0, 0.05) is 0 Å². The van der Waals surface area contributed by atoms with Gasteiger partial charge in [0.2, 0.25) is 0 Å². The molecule has 0 atom stereocenters. The molecule has 0 spiro atoms. The van der Waals surface area contributed by atoms with Gasteiger partial charge in [-0.3, -0.25) is 0 Å². The van der Waals surface area contributed by atoms with Crippen LogP contribution >= 0.6 is 34.0 Å². The SMILES string of the molecule is Br.Br.C[Si](C)=[Ti]([CH3])([CH3])[C]1=CC=CC1. The van der Waals surface area contributed by atoms with Gasteiger partial charge in [-0.05, 0) is 0 Å². The molecule has 0 saturated heterocycles. The van der Waals surface area contributed by atoms with Gasteiger partial charge in [0.25, 0.3) is 0 Å². The summed E-state index contributed by atoms with van der Waals surface area (Å²) < 4.78 is 1.81. The summed E-state index contributed by atoms with van der Waals surface area (Å²) in [5, 5.41) is 5.13. The Labute approximate surface area is 107 Å². The van der Waals surface area contributed by atoms with Gasteiger partial charge >= 0.3 is 73.6 Å². The van der Waals surface area contributed by atoms with Crippen molar-refractivity contribution in [2.45, 2.75) is 30.0 Å². The van der Waals surface area contributed by atoms with Crippen molar-refractivity contribution in [3.63, 3.8) is 0 Å². The predicted molar refractivity (Wildman–Crippen MR) is 71.7 cm³/mol. The second kappa shape index (κ2) is 6.78. The molecule has 0 aromatic heterocycles. The Balaban J connectivity index is 0. The van der Waals surface area contributed by atoms with Crippen LogP contribution in [0.25, 0.3) is 0 Å². The molecule has 0 fully saturated rings. The van der Waals surface area contributed by atoms with Gasteiger partial charge in [-0.1, -0.05) is 0 Å². The summed E-state index contributed by atoms with van der Waals surface area (Å²) >= 11 is -1.45. The first-order valence-electron chi connectivity index (χ1n) is 4.22. The average molecular weight is 363 g/mol. The van der Waals surface area contributed by atoms with Crippen molar-refractivity contribution in [2.24, 2.45) is 0 Å². The Morgan fingerprint density at radius 2 is 1.77 bits per heavy atom. The van der Waals surface area contributed by atoms with E-state index in [9.17, 15) is 0 Å². The van der Waals surface area contributed by atoms with Crippen LogP contribution in [0.1, 0.15) is 6.42 Å². The van der Waals surface area contributed by atoms with Crippen molar-refractivity contribution in [1.82, 2.24) is 0 Å². The Hall–Kier alpha value is 1.37. The Morgan fingerprint density at radius 3 is 2.08 bits per heavy atom. The third-order valence-corrected chi connectivity index (χ3v) is 21.4. The number of halogens is 2. The van der Waals surface area contributed by atoms with E-state index in [2.05, 4.69) is 41.8 Å². The quantitative estimate of drug-likeness (QED) is 0.603. The van der Waals surface area contributed by atoms with E-state index < -0.39 is 15.3 Å². The second-order valence-electron chi connectivity index (χ2n) is 3.95. The fraction of sp³-hybridized carbons (Fsp3) is 0.556. The van der Waals surface area contributed by atoms with E-state index in [1.807, 2.05) is 3.88 Å². The Morgan fingerprint density at radius 1 is 1.23 bits per heavy atom. The molecule has 0 aromatic carbocycles. The van der Waals surface area contributed by atoms with Gasteiger partial charge in [-0.25, -0.2) is 0 Å². The van der Waals surface area contributed by atoms with E-state index in [1.165, 1.54) is 6.42 Å². The molecule has 0 nitrogen and oxygen atoms in total. The van der Waals surface area contributed by atoms with Crippen LogP contribution in [0.2, 0.25) is 23.6 Å². The number of hydrogen-bond acceptors (Lipinski definition) is 0. The first-order chi connectivity index (χ1) is 5.05. The zero-order valence-electron chi connectivity index (χ0n) is 8.76. The fourth-order valence-electron chi connectivity index (χ4n) is 1.23. The first-order valence-corrected chi connectivity index (χ1v) is 13.0. The van der Waals surface area contributed by atoms with Gasteiger partial charge in [0.05, 0.1) is 0 Å². The molecule has 0 aromatic rings. The van der Waals surface area contributed by atoms with E-state index in [4.69, 9.17) is 0 Å². The van der Waals surface area contributed by atoms with Crippen LogP contribution in [-0.4, -0.2) is 6.19 Å². The zero-order valence-corrected chi connectivity index (χ0v) is 14.7. The van der Waals surface area contributed by atoms with Crippen molar-refractivity contribution >= 4 is 40.1 Å². The van der Waals surface area contributed by atoms with Crippen LogP contribution in [0, 0.1) is 0 Å². The molecular formula is C9H19Br2SiTi. The molecule has 1 aliphatic carbocycles. The molecule has 0 heterocycles. The summed E-state index contributed by atoms with van der Waals surface area (Å²) in [6, 6.07) is 0. The third-order valence-electron chi connectivity index (χ3n) is 2.82. The number of hydrogen-bond donors (Lipinski definition) is 0. The van der Waals surface area contributed by atoms with Crippen LogP contribution in [0.5, 0.6) is 0 Å². The maximum atomic E-state index is 2.56. The Bertz CT molecular complexity index is 269. The van der Waals surface area contributed by atoms with Crippen LogP contribution in [-0.2, 0) is 15.3 Å². The number of rotatable bonds is 1. The van der Waals surface area contributed by atoms with Crippen molar-refractivity contribution in [1.29, 1.82) is 0 Å². The molecule has 0 radical (unpaired) electrons. The van der Waals surface area contributed by atoms with Crippen molar-refractivity contribution in [2.75, 3.05) is 0 Å². The third kappa shape index (κ3) is 4.17. The fourth-order valence-corrected chi connectivity index (χ4v) is 7.43. The van der Waals surface area contributed by atoms with E-state index in [0.29, 0.717) is 0 Å². The summed E-state index contributed by atoms with van der Waals surface area (Å²) in [7, 11) is 0. The summed E-state index contributed by atoms with van der Waals surface area (Å²) in [6.07, 6.45) is 8.15. The van der Waals surface area contributed by atoms with Crippen LogP contribution in [0.4, 0.5) is 0 Å². The van der Waals surface area contributed by atoms with Crippen LogP contribution < -0.4 is 0 Å². The van der Waals surface area contributed by atoms with Crippen LogP contribution in [0.3, 0.4) is 0 Å². The standard InChI is InChI=1S/C5H5.C2H6Si.2CH3.2BrH.Ti/c1-2-4-5-3-1;1-3-2;;;;;/h1-3H,4H2;1-2H3;2*1H3;2*1H;. The molecule has 1 rings (SSSR count). The van der Waals surface area contributed by atoms with Crippen LogP contribution in [0.15, 0.2) is 22.1 Å². The van der Waals surface area contributed by atoms with Crippen molar-refractivity contribution in [3.8, 4) is 0 Å². The first kappa shape index (κ1) is 16.8.